The van der Waals surface area contributed by atoms with E-state index in [0.29, 0.717) is 16.1 Å². The smallest absolute Gasteiger partial charge is 0.238 e. The van der Waals surface area contributed by atoms with Crippen LogP contribution in [0.5, 0.6) is 17.4 Å². The number of rotatable bonds is 3. The van der Waals surface area contributed by atoms with Gasteiger partial charge in [-0.3, -0.25) is 0 Å². The fraction of sp³-hybridized carbons (Fsp3) is 0.0909. The molecule has 1 aromatic carbocycles. The molecule has 0 amide bonds. The van der Waals surface area contributed by atoms with E-state index >= 15 is 0 Å². The van der Waals surface area contributed by atoms with Gasteiger partial charge in [0.05, 0.1) is 22.3 Å². The molecule has 2 rings (SSSR count). The molecular formula is C11H9Br2N3O2. The van der Waals surface area contributed by atoms with Crippen LogP contribution in [0.2, 0.25) is 0 Å². The van der Waals surface area contributed by atoms with Crippen molar-refractivity contribution in [2.24, 2.45) is 0 Å². The van der Waals surface area contributed by atoms with Gasteiger partial charge in [-0.1, -0.05) is 0 Å². The lowest BCUT2D eigenvalue weighted by atomic mass is 10.3. The minimum atomic E-state index is 0.151. The van der Waals surface area contributed by atoms with E-state index in [2.05, 4.69) is 41.8 Å². The summed E-state index contributed by atoms with van der Waals surface area (Å²) in [6.45, 7) is 0. The second-order valence-electron chi connectivity index (χ2n) is 3.28. The van der Waals surface area contributed by atoms with E-state index in [0.717, 1.165) is 10.2 Å². The lowest BCUT2D eigenvalue weighted by molar-refractivity contribution is 0.411. The van der Waals surface area contributed by atoms with Crippen LogP contribution in [0.4, 0.5) is 5.95 Å². The fourth-order valence-electron chi connectivity index (χ4n) is 1.23. The molecule has 1 aromatic heterocycles. The molecule has 0 aliphatic rings. The van der Waals surface area contributed by atoms with Crippen LogP contribution in [0.3, 0.4) is 0 Å². The Morgan fingerprint density at radius 2 is 2.00 bits per heavy atom. The molecular weight excluding hydrogens is 366 g/mol. The molecule has 0 fully saturated rings. The largest absolute Gasteiger partial charge is 0.497 e. The van der Waals surface area contributed by atoms with Crippen LogP contribution < -0.4 is 15.2 Å². The summed E-state index contributed by atoms with van der Waals surface area (Å²) in [6.07, 6.45) is 1.54. The second-order valence-corrected chi connectivity index (χ2v) is 4.99. The summed E-state index contributed by atoms with van der Waals surface area (Å²) >= 11 is 6.69. The third-order valence-electron chi connectivity index (χ3n) is 2.08. The summed E-state index contributed by atoms with van der Waals surface area (Å²) in [6, 6.07) is 5.36. The minimum Gasteiger partial charge on any atom is -0.497 e. The van der Waals surface area contributed by atoms with Gasteiger partial charge in [0.15, 0.2) is 0 Å². The van der Waals surface area contributed by atoms with Crippen molar-refractivity contribution in [1.29, 1.82) is 0 Å². The van der Waals surface area contributed by atoms with Crippen LogP contribution in [0.15, 0.2) is 33.3 Å². The first-order valence-corrected chi connectivity index (χ1v) is 6.48. The van der Waals surface area contributed by atoms with Crippen LogP contribution in [-0.2, 0) is 0 Å². The number of halogens is 2. The van der Waals surface area contributed by atoms with Crippen LogP contribution in [0.25, 0.3) is 0 Å². The van der Waals surface area contributed by atoms with Crippen molar-refractivity contribution >= 4 is 37.8 Å². The summed E-state index contributed by atoms with van der Waals surface area (Å²) < 4.78 is 12.1. The first-order chi connectivity index (χ1) is 8.60. The molecule has 2 aromatic rings. The van der Waals surface area contributed by atoms with E-state index in [1.807, 2.05) is 0 Å². The molecule has 18 heavy (non-hydrogen) atoms. The summed E-state index contributed by atoms with van der Waals surface area (Å²) in [5, 5.41) is 0. The molecule has 0 saturated carbocycles. The van der Waals surface area contributed by atoms with E-state index < -0.39 is 0 Å². The zero-order chi connectivity index (χ0) is 13.1. The van der Waals surface area contributed by atoms with Crippen LogP contribution in [0.1, 0.15) is 0 Å². The predicted molar refractivity (Wildman–Crippen MR) is 74.9 cm³/mol. The normalized spacial score (nSPS) is 10.2. The first kappa shape index (κ1) is 13.1. The van der Waals surface area contributed by atoms with Gasteiger partial charge in [-0.05, 0) is 50.1 Å². The van der Waals surface area contributed by atoms with Gasteiger partial charge in [0.2, 0.25) is 11.8 Å². The van der Waals surface area contributed by atoms with E-state index in [4.69, 9.17) is 15.2 Å². The monoisotopic (exact) mass is 373 g/mol. The lowest BCUT2D eigenvalue weighted by Crippen LogP contribution is -1.97. The number of nitrogens with zero attached hydrogens (tertiary/aromatic N) is 2. The lowest BCUT2D eigenvalue weighted by Gasteiger charge is -2.09. The fourth-order valence-corrected chi connectivity index (χ4v) is 1.94. The maximum atomic E-state index is 5.64. The first-order valence-electron chi connectivity index (χ1n) is 4.89. The van der Waals surface area contributed by atoms with Gasteiger partial charge in [0.25, 0.3) is 0 Å². The average Bonchev–Trinajstić information content (AvgIpc) is 2.36. The van der Waals surface area contributed by atoms with Gasteiger partial charge in [-0.2, -0.15) is 4.98 Å². The molecule has 0 aliphatic carbocycles. The number of nitrogens with two attached hydrogens (primary N) is 1. The number of anilines is 1. The second kappa shape index (κ2) is 5.53. The van der Waals surface area contributed by atoms with Crippen molar-refractivity contribution in [3.8, 4) is 17.4 Å². The topological polar surface area (TPSA) is 70.3 Å². The van der Waals surface area contributed by atoms with Gasteiger partial charge in [-0.15, -0.1) is 0 Å². The SMILES string of the molecule is COc1ccc(Oc2nc(N)ncc2Br)c(Br)c1. The zero-order valence-electron chi connectivity index (χ0n) is 9.35. The molecule has 0 atom stereocenters. The Labute approximate surface area is 121 Å². The number of benzene rings is 1. The van der Waals surface area contributed by atoms with Gasteiger partial charge in [0.1, 0.15) is 11.5 Å². The Morgan fingerprint density at radius 3 is 2.67 bits per heavy atom. The number of hydrogen-bond donors (Lipinski definition) is 1. The Balaban J connectivity index is 2.31. The summed E-state index contributed by atoms with van der Waals surface area (Å²) in [5.41, 5.74) is 5.51. The third kappa shape index (κ3) is 2.91. The van der Waals surface area contributed by atoms with Crippen LogP contribution in [-0.4, -0.2) is 17.1 Å². The molecule has 0 spiro atoms. The number of nitrogen functional groups attached to an aromatic ring is 1. The van der Waals surface area contributed by atoms with Gasteiger partial charge in [-0.25, -0.2) is 4.98 Å². The molecule has 0 saturated heterocycles. The summed E-state index contributed by atoms with van der Waals surface area (Å²) in [5.74, 6) is 1.84. The van der Waals surface area contributed by atoms with Crippen molar-refractivity contribution in [1.82, 2.24) is 9.97 Å². The molecule has 0 unspecified atom stereocenters. The highest BCUT2D eigenvalue weighted by atomic mass is 79.9. The van der Waals surface area contributed by atoms with E-state index in [1.54, 1.807) is 25.3 Å². The van der Waals surface area contributed by atoms with E-state index in [1.165, 1.54) is 6.20 Å². The number of hydrogen-bond acceptors (Lipinski definition) is 5. The maximum Gasteiger partial charge on any atom is 0.238 e. The minimum absolute atomic E-state index is 0.151. The van der Waals surface area contributed by atoms with E-state index in [-0.39, 0.29) is 5.95 Å². The Kier molecular flexibility index (Phi) is 4.03. The highest BCUT2D eigenvalue weighted by molar-refractivity contribution is 9.11. The molecule has 0 bridgehead atoms. The van der Waals surface area contributed by atoms with Crippen molar-refractivity contribution in [3.05, 3.63) is 33.3 Å². The highest BCUT2D eigenvalue weighted by Gasteiger charge is 2.09. The average molecular weight is 375 g/mol. The molecule has 7 heteroatoms. The summed E-state index contributed by atoms with van der Waals surface area (Å²) in [4.78, 5) is 7.84. The number of aromatic nitrogens is 2. The Bertz CT molecular complexity index is 578. The van der Waals surface area contributed by atoms with Crippen molar-refractivity contribution in [3.63, 3.8) is 0 Å². The standard InChI is InChI=1S/C11H9Br2N3O2/c1-17-6-2-3-9(7(12)4-6)18-10-8(13)5-15-11(14)16-10/h2-5H,1H3,(H2,14,15,16). The van der Waals surface area contributed by atoms with Gasteiger partial charge >= 0.3 is 0 Å². The molecule has 2 N–H and O–H groups in total. The quantitative estimate of drug-likeness (QED) is 0.891. The van der Waals surface area contributed by atoms with Gasteiger partial charge in [0, 0.05) is 0 Å². The number of ether oxygens (including phenoxy) is 2. The van der Waals surface area contributed by atoms with Crippen molar-refractivity contribution in [2.45, 2.75) is 0 Å². The van der Waals surface area contributed by atoms with E-state index in [9.17, 15) is 0 Å². The zero-order valence-corrected chi connectivity index (χ0v) is 12.5. The third-order valence-corrected chi connectivity index (χ3v) is 3.24. The molecule has 1 heterocycles. The van der Waals surface area contributed by atoms with Crippen LogP contribution in [0, 0.1) is 0 Å². The van der Waals surface area contributed by atoms with Gasteiger partial charge < -0.3 is 15.2 Å². The molecule has 0 aliphatic heterocycles. The van der Waals surface area contributed by atoms with Crippen LogP contribution >= 0.6 is 31.9 Å². The summed E-state index contributed by atoms with van der Waals surface area (Å²) in [7, 11) is 1.60. The molecule has 94 valence electrons. The predicted octanol–water partition coefficient (Wildman–Crippen LogP) is 3.38. The van der Waals surface area contributed by atoms with Crippen molar-refractivity contribution < 1.29 is 9.47 Å². The maximum absolute atomic E-state index is 5.64. The number of methoxy groups -OCH3 is 1. The molecule has 0 radical (unpaired) electrons. The molecule has 5 nitrogen and oxygen atoms in total. The Hall–Kier alpha value is -1.34. The Morgan fingerprint density at radius 1 is 1.22 bits per heavy atom. The highest BCUT2D eigenvalue weighted by Crippen LogP contribution is 2.34. The van der Waals surface area contributed by atoms with Crippen molar-refractivity contribution in [2.75, 3.05) is 12.8 Å².